The van der Waals surface area contributed by atoms with Crippen molar-refractivity contribution in [3.63, 3.8) is 0 Å². The molecule has 1 aliphatic rings. The van der Waals surface area contributed by atoms with Crippen molar-refractivity contribution in [1.29, 1.82) is 0 Å². The van der Waals surface area contributed by atoms with Gasteiger partial charge in [-0.05, 0) is 56.2 Å². The SMILES string of the molecule is CCCCSc1nc2n(n1)C(c1cc(Br)ccc1OCc1ccc(Cl)cc1)C(C(C)=O)=C(C)N2. The Morgan fingerprint density at radius 3 is 2.74 bits per heavy atom. The number of carbonyl (C=O) groups excluding carboxylic acids is 1. The molecule has 9 heteroatoms. The van der Waals surface area contributed by atoms with Gasteiger partial charge in [0.25, 0.3) is 0 Å². The quantitative estimate of drug-likeness (QED) is 0.223. The summed E-state index contributed by atoms with van der Waals surface area (Å²) in [6.45, 7) is 6.02. The van der Waals surface area contributed by atoms with E-state index in [0.29, 0.717) is 34.1 Å². The highest BCUT2D eigenvalue weighted by Crippen LogP contribution is 2.41. The third-order valence-corrected chi connectivity index (χ3v) is 7.18. The van der Waals surface area contributed by atoms with Gasteiger partial charge in [0.05, 0.1) is 0 Å². The number of unbranched alkanes of at least 4 members (excludes halogenated alkanes) is 1. The lowest BCUT2D eigenvalue weighted by Crippen LogP contribution is -2.28. The molecule has 34 heavy (non-hydrogen) atoms. The van der Waals surface area contributed by atoms with E-state index >= 15 is 0 Å². The lowest BCUT2D eigenvalue weighted by atomic mass is 9.92. The Kier molecular flexibility index (Phi) is 8.01. The van der Waals surface area contributed by atoms with E-state index in [9.17, 15) is 4.79 Å². The second-order valence-electron chi connectivity index (χ2n) is 8.08. The molecular formula is C25H26BrClN4O2S. The predicted octanol–water partition coefficient (Wildman–Crippen LogP) is 7.04. The first-order chi connectivity index (χ1) is 16.4. The Bertz CT molecular complexity index is 1230. The Morgan fingerprint density at radius 2 is 2.03 bits per heavy atom. The number of hydrogen-bond donors (Lipinski definition) is 1. The number of Topliss-reactive ketones (excluding diaryl/α,β-unsaturated/α-hetero) is 1. The van der Waals surface area contributed by atoms with E-state index in [1.807, 2.05) is 49.4 Å². The zero-order valence-corrected chi connectivity index (χ0v) is 22.4. The van der Waals surface area contributed by atoms with Gasteiger partial charge in [0, 0.05) is 32.1 Å². The number of aromatic nitrogens is 3. The summed E-state index contributed by atoms with van der Waals surface area (Å²) >= 11 is 11.2. The van der Waals surface area contributed by atoms with Crippen molar-refractivity contribution in [2.75, 3.05) is 11.1 Å². The normalized spacial score (nSPS) is 15.1. The fourth-order valence-corrected chi connectivity index (χ4v) is 5.27. The molecule has 2 aromatic carbocycles. The van der Waals surface area contributed by atoms with Gasteiger partial charge in [-0.3, -0.25) is 4.79 Å². The minimum absolute atomic E-state index is 0.0278. The number of ketones is 1. The Labute approximate surface area is 217 Å². The van der Waals surface area contributed by atoms with Gasteiger partial charge in [-0.1, -0.05) is 64.8 Å². The summed E-state index contributed by atoms with van der Waals surface area (Å²) < 4.78 is 8.94. The number of nitrogens with zero attached hydrogens (tertiary/aromatic N) is 3. The maximum Gasteiger partial charge on any atom is 0.227 e. The molecule has 3 aromatic rings. The summed E-state index contributed by atoms with van der Waals surface area (Å²) in [5.74, 6) is 2.22. The van der Waals surface area contributed by atoms with Crippen LogP contribution in [0.1, 0.15) is 50.8 Å². The van der Waals surface area contributed by atoms with Gasteiger partial charge in [-0.15, -0.1) is 5.10 Å². The summed E-state index contributed by atoms with van der Waals surface area (Å²) in [5, 5.41) is 9.42. The monoisotopic (exact) mass is 560 g/mol. The fraction of sp³-hybridized carbons (Fsp3) is 0.320. The molecule has 1 N–H and O–H groups in total. The maximum absolute atomic E-state index is 12.8. The largest absolute Gasteiger partial charge is 0.489 e. The maximum atomic E-state index is 12.8. The summed E-state index contributed by atoms with van der Waals surface area (Å²) in [6.07, 6.45) is 2.21. The minimum atomic E-state index is -0.459. The van der Waals surface area contributed by atoms with Gasteiger partial charge in [0.2, 0.25) is 11.1 Å². The molecule has 1 aliphatic heterocycles. The lowest BCUT2D eigenvalue weighted by Gasteiger charge is -2.29. The standard InChI is InChI=1S/C25H26BrClN4O2S/c1-4-5-12-34-25-29-24-28-15(2)22(16(3)32)23(31(24)30-25)20-13-18(26)8-11-21(20)33-14-17-6-9-19(27)10-7-17/h6-11,13,23H,4-5,12,14H2,1-3H3,(H,28,29,30). The van der Waals surface area contributed by atoms with Crippen LogP contribution < -0.4 is 10.1 Å². The summed E-state index contributed by atoms with van der Waals surface area (Å²) in [6, 6.07) is 12.9. The van der Waals surface area contributed by atoms with Gasteiger partial charge in [-0.2, -0.15) is 4.98 Å². The van der Waals surface area contributed by atoms with Gasteiger partial charge >= 0.3 is 0 Å². The first-order valence-electron chi connectivity index (χ1n) is 11.1. The molecule has 1 atom stereocenters. The van der Waals surface area contributed by atoms with Crippen LogP contribution in [0.15, 0.2) is 63.4 Å². The molecule has 0 saturated heterocycles. The smallest absolute Gasteiger partial charge is 0.227 e. The van der Waals surface area contributed by atoms with Crippen LogP contribution in [-0.2, 0) is 11.4 Å². The molecule has 0 fully saturated rings. The van der Waals surface area contributed by atoms with Gasteiger partial charge in [0.1, 0.15) is 18.4 Å². The van der Waals surface area contributed by atoms with Crippen LogP contribution in [-0.4, -0.2) is 26.3 Å². The number of anilines is 1. The van der Waals surface area contributed by atoms with E-state index in [4.69, 9.17) is 21.4 Å². The molecule has 0 spiro atoms. The molecule has 0 aliphatic carbocycles. The van der Waals surface area contributed by atoms with E-state index in [1.165, 1.54) is 0 Å². The van der Waals surface area contributed by atoms with Crippen LogP contribution in [0.4, 0.5) is 5.95 Å². The van der Waals surface area contributed by atoms with Crippen molar-refractivity contribution in [2.24, 2.45) is 0 Å². The highest BCUT2D eigenvalue weighted by atomic mass is 79.9. The van der Waals surface area contributed by atoms with Crippen molar-refractivity contribution < 1.29 is 9.53 Å². The number of fused-ring (bicyclic) bond motifs is 1. The number of allylic oxidation sites excluding steroid dienone is 2. The molecule has 178 valence electrons. The van der Waals surface area contributed by atoms with Crippen molar-refractivity contribution in [2.45, 2.75) is 51.4 Å². The molecule has 1 aromatic heterocycles. The van der Waals surface area contributed by atoms with Crippen LogP contribution in [0.2, 0.25) is 5.02 Å². The van der Waals surface area contributed by atoms with E-state index in [2.05, 4.69) is 33.2 Å². The molecule has 0 saturated carbocycles. The molecule has 0 amide bonds. The third-order valence-electron chi connectivity index (χ3n) is 5.52. The van der Waals surface area contributed by atoms with Crippen molar-refractivity contribution in [1.82, 2.24) is 14.8 Å². The fourth-order valence-electron chi connectivity index (χ4n) is 3.85. The second-order valence-corrected chi connectivity index (χ2v) is 10.5. The number of hydrogen-bond acceptors (Lipinski definition) is 6. The van der Waals surface area contributed by atoms with Crippen LogP contribution in [0.3, 0.4) is 0 Å². The van der Waals surface area contributed by atoms with Gasteiger partial charge in [0.15, 0.2) is 5.78 Å². The highest BCUT2D eigenvalue weighted by Gasteiger charge is 2.34. The number of nitrogens with one attached hydrogen (secondary N) is 1. The number of carbonyl (C=O) groups is 1. The van der Waals surface area contributed by atoms with E-state index in [1.54, 1.807) is 23.4 Å². The zero-order chi connectivity index (χ0) is 24.2. The summed E-state index contributed by atoms with van der Waals surface area (Å²) in [5.41, 5.74) is 3.24. The van der Waals surface area contributed by atoms with Crippen LogP contribution >= 0.6 is 39.3 Å². The predicted molar refractivity (Wildman–Crippen MR) is 141 cm³/mol. The Balaban J connectivity index is 1.74. The molecule has 0 bridgehead atoms. The molecule has 0 radical (unpaired) electrons. The zero-order valence-electron chi connectivity index (χ0n) is 19.3. The lowest BCUT2D eigenvalue weighted by molar-refractivity contribution is -0.114. The molecule has 2 heterocycles. The molecule has 4 rings (SSSR count). The Morgan fingerprint density at radius 1 is 1.26 bits per heavy atom. The average Bonchev–Trinajstić information content (AvgIpc) is 3.20. The number of halogens is 2. The van der Waals surface area contributed by atoms with Gasteiger partial charge in [-0.25, -0.2) is 4.68 Å². The van der Waals surface area contributed by atoms with Crippen LogP contribution in [0, 0.1) is 0 Å². The molecule has 1 unspecified atom stereocenters. The van der Waals surface area contributed by atoms with Crippen molar-refractivity contribution >= 4 is 51.0 Å². The molecule has 6 nitrogen and oxygen atoms in total. The van der Waals surface area contributed by atoms with Crippen LogP contribution in [0.5, 0.6) is 5.75 Å². The topological polar surface area (TPSA) is 69.0 Å². The minimum Gasteiger partial charge on any atom is -0.489 e. The second kappa shape index (κ2) is 11.0. The van der Waals surface area contributed by atoms with Crippen LogP contribution in [0.25, 0.3) is 0 Å². The van der Waals surface area contributed by atoms with Crippen molar-refractivity contribution in [3.8, 4) is 5.75 Å². The van der Waals surface area contributed by atoms with E-state index in [-0.39, 0.29) is 5.78 Å². The third kappa shape index (κ3) is 5.50. The number of ether oxygens (including phenoxy) is 1. The average molecular weight is 562 g/mol. The Hall–Kier alpha value is -2.29. The van der Waals surface area contributed by atoms with Crippen molar-refractivity contribution in [3.05, 3.63) is 74.4 Å². The molecular weight excluding hydrogens is 536 g/mol. The first kappa shape index (κ1) is 24.8. The number of thioether (sulfide) groups is 1. The number of benzene rings is 2. The summed E-state index contributed by atoms with van der Waals surface area (Å²) in [4.78, 5) is 17.5. The number of rotatable bonds is 9. The highest BCUT2D eigenvalue weighted by molar-refractivity contribution is 9.10. The van der Waals surface area contributed by atoms with E-state index < -0.39 is 6.04 Å². The summed E-state index contributed by atoms with van der Waals surface area (Å²) in [7, 11) is 0. The van der Waals surface area contributed by atoms with E-state index in [0.717, 1.165) is 39.9 Å². The first-order valence-corrected chi connectivity index (χ1v) is 13.3. The van der Waals surface area contributed by atoms with Gasteiger partial charge < -0.3 is 10.1 Å².